The van der Waals surface area contributed by atoms with Crippen molar-refractivity contribution in [3.8, 4) is 0 Å². The quantitative estimate of drug-likeness (QED) is 0.674. The molecule has 0 fully saturated rings. The fourth-order valence-corrected chi connectivity index (χ4v) is 1.91. The summed E-state index contributed by atoms with van der Waals surface area (Å²) in [5.74, 6) is -1.20. The van der Waals surface area contributed by atoms with E-state index in [2.05, 4.69) is 0 Å². The van der Waals surface area contributed by atoms with Crippen molar-refractivity contribution in [2.75, 3.05) is 23.8 Å². The highest BCUT2D eigenvalue weighted by atomic mass is 19.1. The monoisotopic (exact) mass is 269 g/mol. The van der Waals surface area contributed by atoms with E-state index in [0.717, 1.165) is 6.07 Å². The Morgan fingerprint density at radius 2 is 2.11 bits per heavy atom. The van der Waals surface area contributed by atoms with E-state index in [1.807, 2.05) is 13.8 Å². The molecule has 0 aliphatic rings. The lowest BCUT2D eigenvalue weighted by Gasteiger charge is -2.29. The van der Waals surface area contributed by atoms with E-state index in [0.29, 0.717) is 13.0 Å². The molecule has 0 aromatic heterocycles. The van der Waals surface area contributed by atoms with E-state index in [1.54, 1.807) is 4.90 Å². The van der Waals surface area contributed by atoms with E-state index in [1.165, 1.54) is 6.07 Å². The fraction of sp³-hybridized carbons (Fsp3) is 0.462. The van der Waals surface area contributed by atoms with Crippen LogP contribution in [0.4, 0.5) is 15.8 Å². The molecule has 0 radical (unpaired) electrons. The smallest absolute Gasteiger partial charge is 0.250 e. The van der Waals surface area contributed by atoms with Crippen molar-refractivity contribution < 1.29 is 14.3 Å². The van der Waals surface area contributed by atoms with Crippen LogP contribution in [0.15, 0.2) is 12.1 Å². The minimum absolute atomic E-state index is 0.0164. The number of amides is 1. The predicted octanol–water partition coefficient (Wildman–Crippen LogP) is 1.10. The average molecular weight is 269 g/mol. The maximum atomic E-state index is 14.0. The molecule has 5 nitrogen and oxygen atoms in total. The summed E-state index contributed by atoms with van der Waals surface area (Å²) in [6, 6.07) is 2.49. The van der Waals surface area contributed by atoms with Crippen molar-refractivity contribution in [2.24, 2.45) is 5.73 Å². The first-order valence-corrected chi connectivity index (χ1v) is 6.14. The summed E-state index contributed by atoms with van der Waals surface area (Å²) in [7, 11) is 0. The Morgan fingerprint density at radius 1 is 1.47 bits per heavy atom. The lowest BCUT2D eigenvalue weighted by molar-refractivity contribution is 0.100. The van der Waals surface area contributed by atoms with Crippen LogP contribution in [0.3, 0.4) is 0 Å². The molecule has 0 saturated heterocycles. The molecule has 5 N–H and O–H groups in total. The van der Waals surface area contributed by atoms with E-state index in [9.17, 15) is 9.18 Å². The molecule has 0 saturated carbocycles. The van der Waals surface area contributed by atoms with Gasteiger partial charge in [0.2, 0.25) is 0 Å². The number of carbonyl (C=O) groups excluding carboxylic acids is 1. The van der Waals surface area contributed by atoms with Crippen molar-refractivity contribution in [3.05, 3.63) is 23.5 Å². The number of carbonyl (C=O) groups is 1. The highest BCUT2D eigenvalue weighted by molar-refractivity contribution is 5.99. The molecule has 0 spiro atoms. The maximum Gasteiger partial charge on any atom is 0.250 e. The Bertz CT molecular complexity index is 463. The van der Waals surface area contributed by atoms with Crippen LogP contribution >= 0.6 is 0 Å². The van der Waals surface area contributed by atoms with Gasteiger partial charge in [-0.2, -0.15) is 0 Å². The van der Waals surface area contributed by atoms with E-state index in [4.69, 9.17) is 16.6 Å². The van der Waals surface area contributed by atoms with Crippen LogP contribution in [-0.2, 0) is 0 Å². The standard InChI is InChI=1S/C13H20FN3O2/c1-8(2)17(4-3-5-18)12-6-9(13(16)19)11(15)7-10(12)14/h6-8,18H,3-5,15H2,1-2H3,(H2,16,19). The molecule has 106 valence electrons. The van der Waals surface area contributed by atoms with Crippen LogP contribution < -0.4 is 16.4 Å². The van der Waals surface area contributed by atoms with Gasteiger partial charge in [-0.15, -0.1) is 0 Å². The first-order chi connectivity index (χ1) is 8.88. The molecule has 0 aliphatic carbocycles. The zero-order valence-electron chi connectivity index (χ0n) is 11.2. The van der Waals surface area contributed by atoms with Gasteiger partial charge in [0, 0.05) is 24.9 Å². The minimum atomic E-state index is -0.690. The molecule has 0 atom stereocenters. The van der Waals surface area contributed by atoms with Gasteiger partial charge in [0.05, 0.1) is 11.3 Å². The largest absolute Gasteiger partial charge is 0.398 e. The number of rotatable bonds is 6. The molecular weight excluding hydrogens is 249 g/mol. The summed E-state index contributed by atoms with van der Waals surface area (Å²) in [5.41, 5.74) is 11.2. The van der Waals surface area contributed by atoms with Gasteiger partial charge in [-0.05, 0) is 32.4 Å². The SMILES string of the molecule is CC(C)N(CCCO)c1cc(C(N)=O)c(N)cc1F. The van der Waals surface area contributed by atoms with E-state index in [-0.39, 0.29) is 29.6 Å². The molecule has 0 aliphatic heterocycles. The molecule has 0 bridgehead atoms. The lowest BCUT2D eigenvalue weighted by Crippen LogP contribution is -2.33. The molecule has 19 heavy (non-hydrogen) atoms. The Balaban J connectivity index is 3.22. The Kier molecular flexibility index (Phi) is 5.11. The van der Waals surface area contributed by atoms with Gasteiger partial charge in [0.25, 0.3) is 5.91 Å². The van der Waals surface area contributed by atoms with Crippen LogP contribution in [0.1, 0.15) is 30.6 Å². The molecular formula is C13H20FN3O2. The number of aliphatic hydroxyl groups excluding tert-OH is 1. The summed E-state index contributed by atoms with van der Waals surface area (Å²) in [6.45, 7) is 4.30. The van der Waals surface area contributed by atoms with Crippen LogP contribution in [0, 0.1) is 5.82 Å². The molecule has 0 heterocycles. The van der Waals surface area contributed by atoms with Gasteiger partial charge < -0.3 is 21.5 Å². The second-order valence-electron chi connectivity index (χ2n) is 4.62. The number of benzene rings is 1. The average Bonchev–Trinajstić information content (AvgIpc) is 2.30. The summed E-state index contributed by atoms with van der Waals surface area (Å²) in [6.07, 6.45) is 0.508. The highest BCUT2D eigenvalue weighted by Crippen LogP contribution is 2.27. The Labute approximate surface area is 112 Å². The zero-order chi connectivity index (χ0) is 14.6. The van der Waals surface area contributed by atoms with Crippen molar-refractivity contribution >= 4 is 17.3 Å². The van der Waals surface area contributed by atoms with Crippen molar-refractivity contribution in [1.29, 1.82) is 0 Å². The molecule has 1 aromatic rings. The van der Waals surface area contributed by atoms with Gasteiger partial charge >= 0.3 is 0 Å². The number of aliphatic hydroxyl groups is 1. The topological polar surface area (TPSA) is 92.6 Å². The minimum Gasteiger partial charge on any atom is -0.398 e. The number of halogens is 1. The lowest BCUT2D eigenvalue weighted by atomic mass is 10.1. The van der Waals surface area contributed by atoms with Gasteiger partial charge in [-0.25, -0.2) is 4.39 Å². The van der Waals surface area contributed by atoms with Crippen LogP contribution in [-0.4, -0.2) is 30.2 Å². The molecule has 1 amide bonds. The molecule has 6 heteroatoms. The van der Waals surface area contributed by atoms with E-state index >= 15 is 0 Å². The first-order valence-electron chi connectivity index (χ1n) is 6.14. The molecule has 1 aromatic carbocycles. The fourth-order valence-electron chi connectivity index (χ4n) is 1.91. The van der Waals surface area contributed by atoms with Crippen LogP contribution in [0.2, 0.25) is 0 Å². The van der Waals surface area contributed by atoms with Crippen molar-refractivity contribution in [1.82, 2.24) is 0 Å². The zero-order valence-corrected chi connectivity index (χ0v) is 11.2. The molecule has 0 unspecified atom stereocenters. The Hall–Kier alpha value is -1.82. The molecule has 1 rings (SSSR count). The number of hydrogen-bond donors (Lipinski definition) is 3. The van der Waals surface area contributed by atoms with Crippen molar-refractivity contribution in [3.63, 3.8) is 0 Å². The van der Waals surface area contributed by atoms with Crippen molar-refractivity contribution in [2.45, 2.75) is 26.3 Å². The number of primary amides is 1. The summed E-state index contributed by atoms with van der Waals surface area (Å²) in [4.78, 5) is 13.0. The van der Waals surface area contributed by atoms with Gasteiger partial charge in [-0.1, -0.05) is 0 Å². The van der Waals surface area contributed by atoms with E-state index < -0.39 is 11.7 Å². The van der Waals surface area contributed by atoms with Crippen LogP contribution in [0.25, 0.3) is 0 Å². The van der Waals surface area contributed by atoms with Gasteiger partial charge in [0.15, 0.2) is 0 Å². The second kappa shape index (κ2) is 6.38. The third kappa shape index (κ3) is 3.57. The van der Waals surface area contributed by atoms with Crippen LogP contribution in [0.5, 0.6) is 0 Å². The summed E-state index contributed by atoms with van der Waals surface area (Å²) in [5, 5.41) is 8.89. The maximum absolute atomic E-state index is 14.0. The van der Waals surface area contributed by atoms with Gasteiger partial charge in [-0.3, -0.25) is 4.79 Å². The number of hydrogen-bond acceptors (Lipinski definition) is 4. The highest BCUT2D eigenvalue weighted by Gasteiger charge is 2.18. The predicted molar refractivity (Wildman–Crippen MR) is 73.5 cm³/mol. The Morgan fingerprint density at radius 3 is 2.58 bits per heavy atom. The first kappa shape index (κ1) is 15.2. The number of nitrogens with two attached hydrogens (primary N) is 2. The normalized spacial score (nSPS) is 10.8. The van der Waals surface area contributed by atoms with Gasteiger partial charge in [0.1, 0.15) is 5.82 Å². The number of nitrogens with zero attached hydrogens (tertiary/aromatic N) is 1. The summed E-state index contributed by atoms with van der Waals surface area (Å²) >= 11 is 0. The number of anilines is 2. The number of nitrogen functional groups attached to an aromatic ring is 1. The third-order valence-electron chi connectivity index (χ3n) is 2.87. The summed E-state index contributed by atoms with van der Waals surface area (Å²) < 4.78 is 14.0. The second-order valence-corrected chi connectivity index (χ2v) is 4.62. The third-order valence-corrected chi connectivity index (χ3v) is 2.87.